The van der Waals surface area contributed by atoms with E-state index in [-0.39, 0.29) is 0 Å². The van der Waals surface area contributed by atoms with Crippen molar-refractivity contribution in [1.82, 2.24) is 10.2 Å². The van der Waals surface area contributed by atoms with E-state index < -0.39 is 0 Å². The lowest BCUT2D eigenvalue weighted by molar-refractivity contribution is 0.0648. The van der Waals surface area contributed by atoms with Crippen LogP contribution in [0.5, 0.6) is 0 Å². The molecule has 1 aliphatic carbocycles. The number of nitrogens with zero attached hydrogens (tertiary/aromatic N) is 1. The molecule has 1 saturated carbocycles. The van der Waals surface area contributed by atoms with Gasteiger partial charge in [0.05, 0.1) is 0 Å². The van der Waals surface area contributed by atoms with Crippen LogP contribution < -0.4 is 5.32 Å². The fraction of sp³-hybridized carbons (Fsp3) is 1.00. The highest BCUT2D eigenvalue weighted by atomic mass is 15.2. The van der Waals surface area contributed by atoms with Gasteiger partial charge in [-0.2, -0.15) is 0 Å². The Hall–Kier alpha value is -0.0800. The van der Waals surface area contributed by atoms with Crippen LogP contribution in [-0.2, 0) is 0 Å². The van der Waals surface area contributed by atoms with Crippen molar-refractivity contribution >= 4 is 0 Å². The van der Waals surface area contributed by atoms with Crippen LogP contribution in [0.2, 0.25) is 0 Å². The zero-order valence-corrected chi connectivity index (χ0v) is 11.0. The summed E-state index contributed by atoms with van der Waals surface area (Å²) < 4.78 is 0. The first kappa shape index (κ1) is 12.4. The molecule has 1 saturated heterocycles. The highest BCUT2D eigenvalue weighted by Crippen LogP contribution is 2.34. The predicted molar refractivity (Wildman–Crippen MR) is 69.6 cm³/mol. The third-order valence-corrected chi connectivity index (χ3v) is 4.77. The van der Waals surface area contributed by atoms with E-state index in [9.17, 15) is 0 Å². The number of nitrogens with one attached hydrogen (secondary N) is 1. The Morgan fingerprint density at radius 3 is 2.62 bits per heavy atom. The van der Waals surface area contributed by atoms with Gasteiger partial charge in [-0.05, 0) is 70.6 Å². The van der Waals surface area contributed by atoms with Crippen LogP contribution in [0.3, 0.4) is 0 Å². The molecular weight excluding hydrogens is 196 g/mol. The third-order valence-electron chi connectivity index (χ3n) is 4.77. The van der Waals surface area contributed by atoms with Crippen LogP contribution in [0.1, 0.15) is 45.4 Å². The lowest BCUT2D eigenvalue weighted by Crippen LogP contribution is -2.50. The van der Waals surface area contributed by atoms with Gasteiger partial charge in [0.1, 0.15) is 0 Å². The Bertz CT molecular complexity index is 205. The molecule has 2 nitrogen and oxygen atoms in total. The number of likely N-dealkylation sites (tertiary alicyclic amines) is 1. The molecule has 1 heterocycles. The zero-order valence-electron chi connectivity index (χ0n) is 11.0. The summed E-state index contributed by atoms with van der Waals surface area (Å²) in [5, 5.41) is 3.35. The van der Waals surface area contributed by atoms with Gasteiger partial charge in [-0.1, -0.05) is 13.3 Å². The van der Waals surface area contributed by atoms with Crippen molar-refractivity contribution < 1.29 is 0 Å². The summed E-state index contributed by atoms with van der Waals surface area (Å²) in [6.07, 6.45) is 8.62. The molecule has 0 aromatic rings. The van der Waals surface area contributed by atoms with Crippen molar-refractivity contribution in [2.45, 2.75) is 51.5 Å². The standard InChI is InChI=1S/C14H28N2/c1-3-12-5-4-9-16(10-8-12)14-7-6-13(14)11-15-2/h12-15H,3-11H2,1-2H3. The Morgan fingerprint density at radius 2 is 2.00 bits per heavy atom. The van der Waals surface area contributed by atoms with Crippen molar-refractivity contribution in [3.8, 4) is 0 Å². The van der Waals surface area contributed by atoms with E-state index in [0.29, 0.717) is 0 Å². The molecule has 0 aromatic heterocycles. The largest absolute Gasteiger partial charge is 0.319 e. The van der Waals surface area contributed by atoms with E-state index >= 15 is 0 Å². The van der Waals surface area contributed by atoms with Gasteiger partial charge < -0.3 is 10.2 Å². The van der Waals surface area contributed by atoms with Crippen LogP contribution in [0.25, 0.3) is 0 Å². The van der Waals surface area contributed by atoms with Gasteiger partial charge in [0, 0.05) is 6.04 Å². The zero-order chi connectivity index (χ0) is 11.4. The van der Waals surface area contributed by atoms with Gasteiger partial charge in [-0.25, -0.2) is 0 Å². The molecule has 2 aliphatic rings. The van der Waals surface area contributed by atoms with Gasteiger partial charge in [-0.3, -0.25) is 0 Å². The average molecular weight is 224 g/mol. The van der Waals surface area contributed by atoms with Crippen molar-refractivity contribution in [2.24, 2.45) is 11.8 Å². The first-order valence-corrected chi connectivity index (χ1v) is 7.23. The summed E-state index contributed by atoms with van der Waals surface area (Å²) >= 11 is 0. The molecule has 3 unspecified atom stereocenters. The average Bonchev–Trinajstić information content (AvgIpc) is 2.50. The Balaban J connectivity index is 1.81. The van der Waals surface area contributed by atoms with Crippen molar-refractivity contribution in [3.05, 3.63) is 0 Å². The molecule has 0 bridgehead atoms. The van der Waals surface area contributed by atoms with E-state index in [4.69, 9.17) is 0 Å². The Morgan fingerprint density at radius 1 is 1.12 bits per heavy atom. The van der Waals surface area contributed by atoms with Gasteiger partial charge in [0.2, 0.25) is 0 Å². The van der Waals surface area contributed by atoms with Crippen molar-refractivity contribution in [3.63, 3.8) is 0 Å². The smallest absolute Gasteiger partial charge is 0.0136 e. The summed E-state index contributed by atoms with van der Waals surface area (Å²) in [6.45, 7) is 6.30. The van der Waals surface area contributed by atoms with Crippen LogP contribution in [0, 0.1) is 11.8 Å². The molecule has 0 radical (unpaired) electrons. The van der Waals surface area contributed by atoms with Gasteiger partial charge in [0.15, 0.2) is 0 Å². The molecule has 3 atom stereocenters. The molecular formula is C14H28N2. The molecule has 0 amide bonds. The number of hydrogen-bond acceptors (Lipinski definition) is 2. The lowest BCUT2D eigenvalue weighted by atomic mass is 9.78. The topological polar surface area (TPSA) is 15.3 Å². The fourth-order valence-electron chi connectivity index (χ4n) is 3.46. The SMILES string of the molecule is CCC1CCCN(C2CCC2CNC)CC1. The molecule has 16 heavy (non-hydrogen) atoms. The molecule has 0 spiro atoms. The predicted octanol–water partition coefficient (Wildman–Crippen LogP) is 2.50. The van der Waals surface area contributed by atoms with Crippen LogP contribution >= 0.6 is 0 Å². The second-order valence-electron chi connectivity index (χ2n) is 5.70. The Labute approximate surface area is 101 Å². The van der Waals surface area contributed by atoms with Crippen molar-refractivity contribution in [1.29, 1.82) is 0 Å². The summed E-state index contributed by atoms with van der Waals surface area (Å²) in [5.41, 5.74) is 0. The summed E-state index contributed by atoms with van der Waals surface area (Å²) in [5.74, 6) is 1.94. The third kappa shape index (κ3) is 2.78. The minimum Gasteiger partial charge on any atom is -0.319 e. The van der Waals surface area contributed by atoms with Gasteiger partial charge >= 0.3 is 0 Å². The second-order valence-corrected chi connectivity index (χ2v) is 5.70. The minimum atomic E-state index is 0.906. The van der Waals surface area contributed by atoms with E-state index in [1.165, 1.54) is 58.2 Å². The van der Waals surface area contributed by atoms with Crippen molar-refractivity contribution in [2.75, 3.05) is 26.7 Å². The first-order chi connectivity index (χ1) is 7.85. The van der Waals surface area contributed by atoms with Crippen LogP contribution in [-0.4, -0.2) is 37.6 Å². The maximum Gasteiger partial charge on any atom is 0.0136 e. The molecule has 94 valence electrons. The molecule has 2 rings (SSSR count). The molecule has 2 heteroatoms. The number of hydrogen-bond donors (Lipinski definition) is 1. The molecule has 2 fully saturated rings. The summed E-state index contributed by atoms with van der Waals surface area (Å²) in [6, 6.07) is 0.906. The van der Waals surface area contributed by atoms with E-state index in [2.05, 4.69) is 24.2 Å². The first-order valence-electron chi connectivity index (χ1n) is 7.23. The maximum absolute atomic E-state index is 3.35. The van der Waals surface area contributed by atoms with E-state index in [0.717, 1.165) is 17.9 Å². The van der Waals surface area contributed by atoms with Crippen LogP contribution in [0.4, 0.5) is 0 Å². The monoisotopic (exact) mass is 224 g/mol. The minimum absolute atomic E-state index is 0.906. The molecule has 1 aliphatic heterocycles. The lowest BCUT2D eigenvalue weighted by Gasteiger charge is -2.44. The maximum atomic E-state index is 3.35. The second kappa shape index (κ2) is 6.02. The normalized spacial score (nSPS) is 36.8. The quantitative estimate of drug-likeness (QED) is 0.789. The molecule has 1 N–H and O–H groups in total. The van der Waals surface area contributed by atoms with Gasteiger partial charge in [0.25, 0.3) is 0 Å². The van der Waals surface area contributed by atoms with E-state index in [1.807, 2.05) is 0 Å². The Kier molecular flexibility index (Phi) is 4.66. The summed E-state index contributed by atoms with van der Waals surface area (Å²) in [4.78, 5) is 2.79. The highest BCUT2D eigenvalue weighted by molar-refractivity contribution is 4.90. The highest BCUT2D eigenvalue weighted by Gasteiger charge is 2.35. The van der Waals surface area contributed by atoms with Gasteiger partial charge in [-0.15, -0.1) is 0 Å². The fourth-order valence-corrected chi connectivity index (χ4v) is 3.46. The molecule has 0 aromatic carbocycles. The van der Waals surface area contributed by atoms with Crippen LogP contribution in [0.15, 0.2) is 0 Å². The van der Waals surface area contributed by atoms with E-state index in [1.54, 1.807) is 0 Å². The summed E-state index contributed by atoms with van der Waals surface area (Å²) in [7, 11) is 2.09. The number of rotatable bonds is 4.